The van der Waals surface area contributed by atoms with Gasteiger partial charge in [-0.3, -0.25) is 9.59 Å². The molecule has 0 aromatic heterocycles. The summed E-state index contributed by atoms with van der Waals surface area (Å²) < 4.78 is 11.7. The fourth-order valence-corrected chi connectivity index (χ4v) is 5.09. The highest BCUT2D eigenvalue weighted by molar-refractivity contribution is 7.99. The van der Waals surface area contributed by atoms with Gasteiger partial charge in [-0.2, -0.15) is 11.8 Å². The third-order valence-corrected chi connectivity index (χ3v) is 6.84. The molecule has 0 spiro atoms. The fraction of sp³-hybridized carbons (Fsp3) is 0.778. The van der Waals surface area contributed by atoms with E-state index in [0.717, 1.165) is 25.7 Å². The summed E-state index contributed by atoms with van der Waals surface area (Å²) in [4.78, 5) is 23.3. The molecule has 140 valence electrons. The first-order valence-electron chi connectivity index (χ1n) is 8.92. The molecular weight excluding hydrogens is 342 g/mol. The van der Waals surface area contributed by atoms with Gasteiger partial charge in [-0.1, -0.05) is 11.6 Å². The van der Waals surface area contributed by atoms with Crippen molar-refractivity contribution in [3.8, 4) is 0 Å². The molecule has 3 rings (SSSR count). The number of carboxylic acid groups (broad SMARTS) is 1. The van der Waals surface area contributed by atoms with Crippen LogP contribution in [0.4, 0.5) is 0 Å². The van der Waals surface area contributed by atoms with Gasteiger partial charge in [-0.25, -0.2) is 0 Å². The second kappa shape index (κ2) is 7.29. The van der Waals surface area contributed by atoms with E-state index in [9.17, 15) is 9.59 Å². The van der Waals surface area contributed by atoms with Crippen LogP contribution in [0, 0.1) is 11.8 Å². The lowest BCUT2D eigenvalue weighted by Gasteiger charge is -2.22. The van der Waals surface area contributed by atoms with E-state index in [1.807, 2.05) is 0 Å². The molecule has 2 aliphatic heterocycles. The number of thioether (sulfide) groups is 1. The zero-order valence-corrected chi connectivity index (χ0v) is 15.6. The molecule has 3 N–H and O–H groups in total. The number of nitrogens with two attached hydrogens (primary N) is 1. The van der Waals surface area contributed by atoms with Crippen LogP contribution in [0.25, 0.3) is 0 Å². The SMILES string of the molecule is CC1=CCC[C@@]2(C)O[C@H]2[C@H]2OC(=O)[C@@H](CSC[C@H](N)C(=O)O)[C@@H]2CC1. The normalized spacial score (nSPS) is 38.8. The van der Waals surface area contributed by atoms with Gasteiger partial charge in [0.15, 0.2) is 0 Å². The molecule has 2 fully saturated rings. The van der Waals surface area contributed by atoms with Crippen LogP contribution in [0.15, 0.2) is 11.6 Å². The molecule has 0 aromatic rings. The number of carbonyl (C=O) groups is 2. The van der Waals surface area contributed by atoms with Gasteiger partial charge in [-0.05, 0) is 39.5 Å². The van der Waals surface area contributed by atoms with Crippen molar-refractivity contribution in [1.29, 1.82) is 0 Å². The Morgan fingerprint density at radius 2 is 2.32 bits per heavy atom. The van der Waals surface area contributed by atoms with Crippen LogP contribution in [0.3, 0.4) is 0 Å². The molecule has 2 saturated heterocycles. The van der Waals surface area contributed by atoms with Crippen molar-refractivity contribution >= 4 is 23.7 Å². The Morgan fingerprint density at radius 1 is 1.56 bits per heavy atom. The maximum absolute atomic E-state index is 12.4. The molecule has 6 nitrogen and oxygen atoms in total. The smallest absolute Gasteiger partial charge is 0.321 e. The lowest BCUT2D eigenvalue weighted by Crippen LogP contribution is -2.33. The quantitative estimate of drug-likeness (QED) is 0.434. The summed E-state index contributed by atoms with van der Waals surface area (Å²) >= 11 is 1.42. The zero-order chi connectivity index (χ0) is 18.2. The Labute approximate surface area is 152 Å². The average Bonchev–Trinajstić information content (AvgIpc) is 3.11. The summed E-state index contributed by atoms with van der Waals surface area (Å²) in [7, 11) is 0. The fourth-order valence-electron chi connectivity index (χ4n) is 3.92. The van der Waals surface area contributed by atoms with Crippen LogP contribution >= 0.6 is 11.8 Å². The van der Waals surface area contributed by atoms with Crippen LogP contribution in [0.2, 0.25) is 0 Å². The van der Waals surface area contributed by atoms with Crippen LogP contribution in [-0.4, -0.2) is 52.4 Å². The minimum atomic E-state index is -1.01. The summed E-state index contributed by atoms with van der Waals surface area (Å²) in [5.41, 5.74) is 6.71. The van der Waals surface area contributed by atoms with E-state index in [2.05, 4.69) is 19.9 Å². The number of rotatable bonds is 5. The first-order valence-corrected chi connectivity index (χ1v) is 10.1. The third kappa shape index (κ3) is 4.04. The molecule has 0 saturated carbocycles. The Kier molecular flexibility index (Phi) is 5.46. The molecule has 3 aliphatic rings. The van der Waals surface area contributed by atoms with Gasteiger partial charge in [0.2, 0.25) is 0 Å². The largest absolute Gasteiger partial charge is 0.480 e. The van der Waals surface area contributed by atoms with Crippen molar-refractivity contribution in [2.24, 2.45) is 17.6 Å². The van der Waals surface area contributed by atoms with Crippen LogP contribution < -0.4 is 5.73 Å². The molecule has 1 aliphatic carbocycles. The van der Waals surface area contributed by atoms with E-state index in [1.54, 1.807) is 0 Å². The summed E-state index contributed by atoms with van der Waals surface area (Å²) in [6.07, 6.45) is 5.88. The van der Waals surface area contributed by atoms with Gasteiger partial charge >= 0.3 is 11.9 Å². The van der Waals surface area contributed by atoms with Crippen molar-refractivity contribution < 1.29 is 24.2 Å². The standard InChI is InChI=1S/C18H27NO5S/c1-10-4-3-7-18(2)15(24-18)14-11(6-5-10)12(17(22)23-14)8-25-9-13(19)16(20)21/h4,11-15H,3,5-9,19H2,1-2H3,(H,20,21)/t11-,12-,13-,14-,15-,18+/m0/s1. The van der Waals surface area contributed by atoms with Gasteiger partial charge < -0.3 is 20.3 Å². The Balaban J connectivity index is 1.68. The number of hydrogen-bond donors (Lipinski definition) is 2. The highest BCUT2D eigenvalue weighted by Gasteiger charge is 2.62. The van der Waals surface area contributed by atoms with Crippen molar-refractivity contribution in [3.63, 3.8) is 0 Å². The molecule has 6 atom stereocenters. The summed E-state index contributed by atoms with van der Waals surface area (Å²) in [6.45, 7) is 4.23. The number of carbonyl (C=O) groups excluding carboxylic acids is 1. The molecule has 7 heteroatoms. The Hall–Kier alpha value is -1.05. The van der Waals surface area contributed by atoms with E-state index in [4.69, 9.17) is 20.3 Å². The minimum absolute atomic E-state index is 0.00969. The molecule has 0 amide bonds. The Morgan fingerprint density at radius 3 is 3.04 bits per heavy atom. The number of allylic oxidation sites excluding steroid dienone is 2. The number of aliphatic carboxylic acids is 1. The number of carboxylic acids is 1. The lowest BCUT2D eigenvalue weighted by atomic mass is 9.81. The van der Waals surface area contributed by atoms with Crippen molar-refractivity contribution in [2.45, 2.75) is 63.4 Å². The molecular formula is C18H27NO5S. The molecule has 25 heavy (non-hydrogen) atoms. The molecule has 0 aromatic carbocycles. The predicted molar refractivity (Wildman–Crippen MR) is 95.3 cm³/mol. The van der Waals surface area contributed by atoms with E-state index in [1.165, 1.54) is 17.3 Å². The molecule has 0 radical (unpaired) electrons. The molecule has 2 heterocycles. The van der Waals surface area contributed by atoms with Gasteiger partial charge in [0.1, 0.15) is 18.2 Å². The van der Waals surface area contributed by atoms with Crippen LogP contribution in [0.1, 0.15) is 39.5 Å². The second-order valence-electron chi connectivity index (χ2n) is 7.63. The highest BCUT2D eigenvalue weighted by atomic mass is 32.2. The third-order valence-electron chi connectivity index (χ3n) is 5.65. The second-order valence-corrected chi connectivity index (χ2v) is 8.71. The average molecular weight is 369 g/mol. The van der Waals surface area contributed by atoms with Gasteiger partial charge in [-0.15, -0.1) is 0 Å². The summed E-state index contributed by atoms with van der Waals surface area (Å²) in [5.74, 6) is -0.433. The number of ether oxygens (including phenoxy) is 2. The minimum Gasteiger partial charge on any atom is -0.480 e. The van der Waals surface area contributed by atoms with Gasteiger partial charge in [0, 0.05) is 17.4 Å². The first kappa shape index (κ1) is 18.7. The first-order chi connectivity index (χ1) is 11.8. The lowest BCUT2D eigenvalue weighted by molar-refractivity contribution is -0.144. The number of epoxide rings is 1. The van der Waals surface area contributed by atoms with E-state index in [0.29, 0.717) is 11.5 Å². The predicted octanol–water partition coefficient (Wildman–Crippen LogP) is 1.97. The van der Waals surface area contributed by atoms with E-state index in [-0.39, 0.29) is 35.6 Å². The van der Waals surface area contributed by atoms with Gasteiger partial charge in [0.25, 0.3) is 0 Å². The van der Waals surface area contributed by atoms with Crippen molar-refractivity contribution in [3.05, 3.63) is 11.6 Å². The van der Waals surface area contributed by atoms with Crippen LogP contribution in [-0.2, 0) is 19.1 Å². The highest BCUT2D eigenvalue weighted by Crippen LogP contribution is 2.50. The van der Waals surface area contributed by atoms with E-state index >= 15 is 0 Å². The van der Waals surface area contributed by atoms with E-state index < -0.39 is 12.0 Å². The molecule has 0 bridgehead atoms. The molecule has 0 unspecified atom stereocenters. The number of fused-ring (bicyclic) bond motifs is 3. The topological polar surface area (TPSA) is 102 Å². The Bertz CT molecular complexity index is 580. The summed E-state index contributed by atoms with van der Waals surface area (Å²) in [5, 5.41) is 8.88. The van der Waals surface area contributed by atoms with Gasteiger partial charge in [0.05, 0.1) is 11.5 Å². The van der Waals surface area contributed by atoms with Crippen molar-refractivity contribution in [2.75, 3.05) is 11.5 Å². The summed E-state index contributed by atoms with van der Waals surface area (Å²) in [6, 6.07) is -0.900. The zero-order valence-electron chi connectivity index (χ0n) is 14.8. The van der Waals surface area contributed by atoms with Crippen LogP contribution in [0.5, 0.6) is 0 Å². The number of esters is 1. The maximum Gasteiger partial charge on any atom is 0.321 e. The van der Waals surface area contributed by atoms with Crippen molar-refractivity contribution in [1.82, 2.24) is 0 Å². The maximum atomic E-state index is 12.4. The monoisotopic (exact) mass is 369 g/mol. The number of hydrogen-bond acceptors (Lipinski definition) is 6.